The van der Waals surface area contributed by atoms with Crippen LogP contribution in [-0.2, 0) is 16.4 Å². The van der Waals surface area contributed by atoms with Gasteiger partial charge in [-0.05, 0) is 19.5 Å². The number of sulfone groups is 1. The van der Waals surface area contributed by atoms with Crippen molar-refractivity contribution in [2.24, 2.45) is 0 Å². The van der Waals surface area contributed by atoms with Gasteiger partial charge in [0, 0.05) is 28.9 Å². The molecule has 0 spiro atoms. The van der Waals surface area contributed by atoms with Crippen LogP contribution < -0.4 is 0 Å². The first-order chi connectivity index (χ1) is 11.0. The number of rotatable bonds is 3. The van der Waals surface area contributed by atoms with Crippen LogP contribution in [0.4, 0.5) is 0 Å². The lowest BCUT2D eigenvalue weighted by atomic mass is 10.1. The lowest BCUT2D eigenvalue weighted by Gasteiger charge is -2.23. The van der Waals surface area contributed by atoms with Crippen molar-refractivity contribution in [1.29, 1.82) is 0 Å². The summed E-state index contributed by atoms with van der Waals surface area (Å²) in [7, 11) is -0.868. The molecule has 4 rings (SSSR count). The summed E-state index contributed by atoms with van der Waals surface area (Å²) >= 11 is 0. The molecule has 0 radical (unpaired) electrons. The van der Waals surface area contributed by atoms with Crippen molar-refractivity contribution in [3.8, 4) is 0 Å². The van der Waals surface area contributed by atoms with Gasteiger partial charge in [-0.2, -0.15) is 0 Å². The van der Waals surface area contributed by atoms with Crippen LogP contribution in [0.2, 0.25) is 0 Å². The highest BCUT2D eigenvalue weighted by Crippen LogP contribution is 2.31. The highest BCUT2D eigenvalue weighted by atomic mass is 32.2. The summed E-state index contributed by atoms with van der Waals surface area (Å²) in [5.74, 6) is 0.566. The molecule has 0 bridgehead atoms. The molecule has 1 aliphatic rings. The molecular formula is C18H19NO3S. The molecule has 1 aliphatic heterocycles. The third-order valence-corrected chi connectivity index (χ3v) is 6.49. The van der Waals surface area contributed by atoms with E-state index >= 15 is 0 Å². The van der Waals surface area contributed by atoms with Gasteiger partial charge in [-0.15, -0.1) is 0 Å². The topological polar surface area (TPSA) is 50.5 Å². The first-order valence-electron chi connectivity index (χ1n) is 7.83. The fourth-order valence-corrected chi connectivity index (χ4v) is 5.26. The molecule has 0 saturated carbocycles. The van der Waals surface area contributed by atoms with E-state index in [2.05, 4.69) is 23.1 Å². The van der Waals surface area contributed by atoms with Gasteiger partial charge in [0.1, 0.15) is 11.2 Å². The zero-order chi connectivity index (χ0) is 16.0. The van der Waals surface area contributed by atoms with Crippen LogP contribution in [0, 0.1) is 0 Å². The largest absolute Gasteiger partial charge is 0.456 e. The smallest absolute Gasteiger partial charge is 0.151 e. The van der Waals surface area contributed by atoms with E-state index < -0.39 is 9.84 Å². The van der Waals surface area contributed by atoms with Crippen molar-refractivity contribution in [3.63, 3.8) is 0 Å². The predicted molar refractivity (Wildman–Crippen MR) is 92.2 cm³/mol. The normalized spacial score (nSPS) is 20.7. The Balaban J connectivity index is 1.69. The standard InChI is InChI=1S/C18H19NO3S/c1-19(14-9-10-23(20,21)12-14)11-13-5-4-7-16-15-6-2-3-8-17(15)22-18(13)16/h2-8,14H,9-12H2,1H3/t14-/m0/s1. The second kappa shape index (κ2) is 5.35. The van der Waals surface area contributed by atoms with Gasteiger partial charge in [-0.3, -0.25) is 4.90 Å². The van der Waals surface area contributed by atoms with E-state index in [0.717, 1.165) is 33.9 Å². The maximum Gasteiger partial charge on any atom is 0.151 e. The van der Waals surface area contributed by atoms with Crippen molar-refractivity contribution < 1.29 is 12.8 Å². The van der Waals surface area contributed by atoms with Crippen molar-refractivity contribution >= 4 is 31.8 Å². The molecule has 0 N–H and O–H groups in total. The SMILES string of the molecule is CN(Cc1cccc2c1oc1ccccc12)[C@H]1CCS(=O)(=O)C1. The second-order valence-corrected chi connectivity index (χ2v) is 8.59. The number of hydrogen-bond donors (Lipinski definition) is 0. The van der Waals surface area contributed by atoms with Gasteiger partial charge < -0.3 is 4.42 Å². The van der Waals surface area contributed by atoms with E-state index in [-0.39, 0.29) is 11.8 Å². The Morgan fingerprint density at radius 1 is 1.13 bits per heavy atom. The monoisotopic (exact) mass is 329 g/mol. The van der Waals surface area contributed by atoms with Crippen LogP contribution in [0.3, 0.4) is 0 Å². The molecular weight excluding hydrogens is 310 g/mol. The van der Waals surface area contributed by atoms with Gasteiger partial charge in [-0.25, -0.2) is 8.42 Å². The van der Waals surface area contributed by atoms with Gasteiger partial charge in [-0.1, -0.05) is 36.4 Å². The molecule has 1 aromatic heterocycles. The molecule has 3 aromatic rings. The van der Waals surface area contributed by atoms with Crippen molar-refractivity contribution in [3.05, 3.63) is 48.0 Å². The number of benzene rings is 2. The zero-order valence-electron chi connectivity index (χ0n) is 13.0. The summed E-state index contributed by atoms with van der Waals surface area (Å²) in [6.07, 6.45) is 0.717. The highest BCUT2D eigenvalue weighted by molar-refractivity contribution is 7.91. The van der Waals surface area contributed by atoms with Crippen LogP contribution in [0.25, 0.3) is 21.9 Å². The number of fused-ring (bicyclic) bond motifs is 3. The Morgan fingerprint density at radius 3 is 2.70 bits per heavy atom. The third-order valence-electron chi connectivity index (χ3n) is 4.74. The number of para-hydroxylation sites is 2. The summed E-state index contributed by atoms with van der Waals surface area (Å²) in [6.45, 7) is 0.692. The van der Waals surface area contributed by atoms with Gasteiger partial charge in [0.15, 0.2) is 9.84 Å². The Hall–Kier alpha value is -1.85. The van der Waals surface area contributed by atoms with Crippen molar-refractivity contribution in [2.75, 3.05) is 18.6 Å². The molecule has 0 aliphatic carbocycles. The van der Waals surface area contributed by atoms with Crippen LogP contribution in [0.5, 0.6) is 0 Å². The fourth-order valence-electron chi connectivity index (χ4n) is 3.45. The molecule has 5 heteroatoms. The molecule has 2 aromatic carbocycles. The minimum absolute atomic E-state index is 0.0969. The zero-order valence-corrected chi connectivity index (χ0v) is 13.8. The quantitative estimate of drug-likeness (QED) is 0.740. The number of furan rings is 1. The van der Waals surface area contributed by atoms with Crippen LogP contribution in [-0.4, -0.2) is 37.9 Å². The Bertz CT molecular complexity index is 974. The third kappa shape index (κ3) is 2.64. The predicted octanol–water partition coefficient (Wildman–Crippen LogP) is 3.20. The number of nitrogens with zero attached hydrogens (tertiary/aromatic N) is 1. The molecule has 23 heavy (non-hydrogen) atoms. The van der Waals surface area contributed by atoms with E-state index in [9.17, 15) is 8.42 Å². The molecule has 0 unspecified atom stereocenters. The minimum Gasteiger partial charge on any atom is -0.456 e. The van der Waals surface area contributed by atoms with Gasteiger partial charge in [0.2, 0.25) is 0 Å². The van der Waals surface area contributed by atoms with Crippen molar-refractivity contribution in [2.45, 2.75) is 19.0 Å². The van der Waals surface area contributed by atoms with E-state index in [1.807, 2.05) is 31.3 Å². The molecule has 4 nitrogen and oxygen atoms in total. The number of hydrogen-bond acceptors (Lipinski definition) is 4. The Morgan fingerprint density at radius 2 is 1.91 bits per heavy atom. The van der Waals surface area contributed by atoms with E-state index in [4.69, 9.17) is 4.42 Å². The summed E-state index contributed by atoms with van der Waals surface area (Å²) in [4.78, 5) is 2.13. The summed E-state index contributed by atoms with van der Waals surface area (Å²) in [5.41, 5.74) is 2.90. The molecule has 2 heterocycles. The van der Waals surface area contributed by atoms with Gasteiger partial charge >= 0.3 is 0 Å². The van der Waals surface area contributed by atoms with E-state index in [0.29, 0.717) is 12.3 Å². The fraction of sp³-hybridized carbons (Fsp3) is 0.333. The van der Waals surface area contributed by atoms with E-state index in [1.54, 1.807) is 0 Å². The van der Waals surface area contributed by atoms with Gasteiger partial charge in [0.25, 0.3) is 0 Å². The van der Waals surface area contributed by atoms with Crippen LogP contribution in [0.15, 0.2) is 46.9 Å². The van der Waals surface area contributed by atoms with Crippen LogP contribution >= 0.6 is 0 Å². The average molecular weight is 329 g/mol. The highest BCUT2D eigenvalue weighted by Gasteiger charge is 2.30. The van der Waals surface area contributed by atoms with E-state index in [1.165, 1.54) is 0 Å². The van der Waals surface area contributed by atoms with Crippen molar-refractivity contribution in [1.82, 2.24) is 4.90 Å². The molecule has 0 amide bonds. The molecule has 1 saturated heterocycles. The Labute approximate surface area is 135 Å². The maximum absolute atomic E-state index is 11.7. The average Bonchev–Trinajstić information content (AvgIpc) is 3.08. The first-order valence-corrected chi connectivity index (χ1v) is 9.65. The Kier molecular flexibility index (Phi) is 3.43. The summed E-state index contributed by atoms with van der Waals surface area (Å²) in [6, 6.07) is 14.3. The molecule has 120 valence electrons. The lowest BCUT2D eigenvalue weighted by Crippen LogP contribution is -2.32. The van der Waals surface area contributed by atoms with Crippen LogP contribution in [0.1, 0.15) is 12.0 Å². The summed E-state index contributed by atoms with van der Waals surface area (Å²) < 4.78 is 29.4. The minimum atomic E-state index is -2.86. The maximum atomic E-state index is 11.7. The molecule has 1 atom stereocenters. The lowest BCUT2D eigenvalue weighted by molar-refractivity contribution is 0.254. The van der Waals surface area contributed by atoms with Gasteiger partial charge in [0.05, 0.1) is 11.5 Å². The second-order valence-electron chi connectivity index (χ2n) is 6.36. The first kappa shape index (κ1) is 14.7. The summed E-state index contributed by atoms with van der Waals surface area (Å²) in [5, 5.41) is 2.24. The molecule has 1 fully saturated rings.